The first kappa shape index (κ1) is 19.4. The van der Waals surface area contributed by atoms with E-state index >= 15 is 0 Å². The molecule has 0 atom stereocenters. The summed E-state index contributed by atoms with van der Waals surface area (Å²) in [6.45, 7) is 0. The van der Waals surface area contributed by atoms with E-state index in [0.29, 0.717) is 10.4 Å². The van der Waals surface area contributed by atoms with E-state index in [-0.39, 0.29) is 21.2 Å². The number of hydrogen-bond acceptors (Lipinski definition) is 6. The Morgan fingerprint density at radius 3 is 2.32 bits per heavy atom. The maximum Gasteiger partial charge on any atom is 0.226 e. The number of fused-ring (bicyclic) bond motifs is 1. The number of sulfone groups is 1. The van der Waals surface area contributed by atoms with Gasteiger partial charge in [0.05, 0.1) is 9.77 Å². The maximum atomic E-state index is 13.6. The molecule has 2 heterocycles. The smallest absolute Gasteiger partial charge is 0.226 e. The van der Waals surface area contributed by atoms with Crippen molar-refractivity contribution in [3.63, 3.8) is 0 Å². The first-order valence-corrected chi connectivity index (χ1v) is 11.8. The Morgan fingerprint density at radius 1 is 0.839 bits per heavy atom. The lowest BCUT2D eigenvalue weighted by Gasteiger charge is -2.07. The van der Waals surface area contributed by atoms with Gasteiger partial charge in [-0.1, -0.05) is 65.8 Å². The number of carbonyl (C=O) groups excluding carboxylic acids is 1. The molecular formula is C24H15NO4S2. The van der Waals surface area contributed by atoms with Crippen molar-refractivity contribution in [2.45, 2.75) is 9.79 Å². The molecule has 0 saturated carbocycles. The number of carbonyl (C=O) groups is 1. The Morgan fingerprint density at radius 2 is 1.58 bits per heavy atom. The molecule has 5 aromatic rings. The Labute approximate surface area is 182 Å². The second kappa shape index (κ2) is 7.61. The molecule has 0 saturated heterocycles. The topological polar surface area (TPSA) is 77.2 Å². The molecule has 5 rings (SSSR count). The van der Waals surface area contributed by atoms with Crippen LogP contribution in [0.3, 0.4) is 0 Å². The number of benzene rings is 3. The minimum absolute atomic E-state index is 0.0505. The summed E-state index contributed by atoms with van der Waals surface area (Å²) < 4.78 is 32.7. The van der Waals surface area contributed by atoms with Crippen molar-refractivity contribution in [1.29, 1.82) is 0 Å². The van der Waals surface area contributed by atoms with E-state index in [2.05, 4.69) is 5.16 Å². The van der Waals surface area contributed by atoms with Crippen molar-refractivity contribution in [2.24, 2.45) is 0 Å². The number of thiophene rings is 1. The van der Waals surface area contributed by atoms with E-state index in [1.54, 1.807) is 41.8 Å². The normalized spacial score (nSPS) is 11.6. The molecule has 0 aliphatic carbocycles. The van der Waals surface area contributed by atoms with Crippen molar-refractivity contribution >= 4 is 37.7 Å². The lowest BCUT2D eigenvalue weighted by molar-refractivity contribution is 0.103. The van der Waals surface area contributed by atoms with Crippen LogP contribution in [0.4, 0.5) is 0 Å². The second-order valence-corrected chi connectivity index (χ2v) is 9.71. The summed E-state index contributed by atoms with van der Waals surface area (Å²) in [7, 11) is -4.07. The van der Waals surface area contributed by atoms with E-state index in [1.807, 2.05) is 36.4 Å². The quantitative estimate of drug-likeness (QED) is 0.328. The summed E-state index contributed by atoms with van der Waals surface area (Å²) in [5.74, 6) is -0.435. The van der Waals surface area contributed by atoms with Crippen LogP contribution in [-0.2, 0) is 9.84 Å². The summed E-state index contributed by atoms with van der Waals surface area (Å²) >= 11 is 1.22. The van der Waals surface area contributed by atoms with Crippen LogP contribution in [0.2, 0.25) is 0 Å². The third kappa shape index (κ3) is 3.37. The van der Waals surface area contributed by atoms with Gasteiger partial charge in [-0.25, -0.2) is 8.42 Å². The lowest BCUT2D eigenvalue weighted by Crippen LogP contribution is -2.10. The zero-order valence-electron chi connectivity index (χ0n) is 16.1. The van der Waals surface area contributed by atoms with Crippen LogP contribution < -0.4 is 0 Å². The van der Waals surface area contributed by atoms with Gasteiger partial charge in [0.2, 0.25) is 15.6 Å². The number of nitrogens with zero attached hydrogens (tertiary/aromatic N) is 1. The Bertz CT molecular complexity index is 1500. The summed E-state index contributed by atoms with van der Waals surface area (Å²) in [6.07, 6.45) is 0. The molecule has 0 radical (unpaired) electrons. The van der Waals surface area contributed by atoms with Gasteiger partial charge < -0.3 is 4.52 Å². The molecule has 0 fully saturated rings. The minimum atomic E-state index is -4.07. The highest BCUT2D eigenvalue weighted by Crippen LogP contribution is 2.36. The highest BCUT2D eigenvalue weighted by molar-refractivity contribution is 7.91. The number of ketones is 1. The van der Waals surface area contributed by atoms with Crippen molar-refractivity contribution < 1.29 is 17.7 Å². The van der Waals surface area contributed by atoms with Crippen molar-refractivity contribution in [3.8, 4) is 11.3 Å². The van der Waals surface area contributed by atoms with Crippen molar-refractivity contribution in [1.82, 2.24) is 5.16 Å². The molecule has 3 aromatic carbocycles. The highest BCUT2D eigenvalue weighted by Gasteiger charge is 2.34. The zero-order valence-corrected chi connectivity index (χ0v) is 17.7. The molecule has 0 spiro atoms. The Balaban J connectivity index is 1.76. The molecule has 0 aliphatic rings. The molecule has 2 aromatic heterocycles. The average Bonchev–Trinajstić information content (AvgIpc) is 3.50. The minimum Gasteiger partial charge on any atom is -0.354 e. The molecule has 0 bridgehead atoms. The summed E-state index contributed by atoms with van der Waals surface area (Å²) in [5, 5.41) is 7.61. The van der Waals surface area contributed by atoms with Gasteiger partial charge in [0.25, 0.3) is 0 Å². The molecular weight excluding hydrogens is 430 g/mol. The van der Waals surface area contributed by atoms with E-state index in [4.69, 9.17) is 4.52 Å². The SMILES string of the molecule is O=C(c1cccs1)c1noc(-c2ccc3ccccc3c2)c1S(=O)(=O)c1ccccc1. The summed E-state index contributed by atoms with van der Waals surface area (Å²) in [4.78, 5) is 13.3. The number of hydrogen-bond donors (Lipinski definition) is 0. The summed E-state index contributed by atoms with van der Waals surface area (Å²) in [6, 6.07) is 24.6. The molecule has 7 heteroatoms. The van der Waals surface area contributed by atoms with Crippen LogP contribution in [-0.4, -0.2) is 19.4 Å². The van der Waals surface area contributed by atoms with E-state index in [1.165, 1.54) is 23.5 Å². The zero-order chi connectivity index (χ0) is 21.4. The predicted octanol–water partition coefficient (Wildman–Crippen LogP) is 5.62. The first-order valence-electron chi connectivity index (χ1n) is 9.43. The predicted molar refractivity (Wildman–Crippen MR) is 119 cm³/mol. The fraction of sp³-hybridized carbons (Fsp3) is 0. The molecule has 152 valence electrons. The van der Waals surface area contributed by atoms with Crippen LogP contribution in [0.5, 0.6) is 0 Å². The Hall–Kier alpha value is -3.55. The van der Waals surface area contributed by atoms with Crippen LogP contribution in [0.15, 0.2) is 105 Å². The first-order chi connectivity index (χ1) is 15.1. The number of rotatable bonds is 5. The fourth-order valence-corrected chi connectivity index (χ4v) is 5.63. The molecule has 0 N–H and O–H groups in total. The average molecular weight is 446 g/mol. The third-order valence-corrected chi connectivity index (χ3v) is 7.62. The van der Waals surface area contributed by atoms with Gasteiger partial charge in [-0.3, -0.25) is 4.79 Å². The van der Waals surface area contributed by atoms with Gasteiger partial charge in [-0.05, 0) is 40.4 Å². The van der Waals surface area contributed by atoms with Gasteiger partial charge in [0.15, 0.2) is 16.3 Å². The monoisotopic (exact) mass is 445 g/mol. The van der Waals surface area contributed by atoms with E-state index < -0.39 is 15.6 Å². The third-order valence-electron chi connectivity index (χ3n) is 4.94. The molecule has 0 aliphatic heterocycles. The molecule has 0 amide bonds. The van der Waals surface area contributed by atoms with Crippen molar-refractivity contribution in [3.05, 3.63) is 101 Å². The van der Waals surface area contributed by atoms with Gasteiger partial charge in [0.1, 0.15) is 0 Å². The van der Waals surface area contributed by atoms with Crippen molar-refractivity contribution in [2.75, 3.05) is 0 Å². The standard InChI is InChI=1S/C24H15NO4S2/c26-22(20-11-6-14-30-20)21-24(31(27,28)19-9-2-1-3-10-19)23(29-25-21)18-13-12-16-7-4-5-8-17(16)15-18/h1-15H. The largest absolute Gasteiger partial charge is 0.354 e. The van der Waals surface area contributed by atoms with Gasteiger partial charge in [-0.2, -0.15) is 0 Å². The van der Waals surface area contributed by atoms with Crippen LogP contribution in [0.25, 0.3) is 22.1 Å². The fourth-order valence-electron chi connectivity index (χ4n) is 3.43. The van der Waals surface area contributed by atoms with E-state index in [9.17, 15) is 13.2 Å². The number of aromatic nitrogens is 1. The van der Waals surface area contributed by atoms with Gasteiger partial charge >= 0.3 is 0 Å². The van der Waals surface area contributed by atoms with Crippen LogP contribution >= 0.6 is 11.3 Å². The van der Waals surface area contributed by atoms with E-state index in [0.717, 1.165) is 10.8 Å². The Kier molecular flexibility index (Phi) is 4.77. The highest BCUT2D eigenvalue weighted by atomic mass is 32.2. The lowest BCUT2D eigenvalue weighted by atomic mass is 10.1. The maximum absolute atomic E-state index is 13.6. The van der Waals surface area contributed by atoms with Crippen LogP contribution in [0.1, 0.15) is 15.4 Å². The molecule has 0 unspecified atom stereocenters. The van der Waals surface area contributed by atoms with Crippen LogP contribution in [0, 0.1) is 0 Å². The molecule has 31 heavy (non-hydrogen) atoms. The summed E-state index contributed by atoms with van der Waals surface area (Å²) in [5.41, 5.74) is 0.320. The second-order valence-electron chi connectivity index (χ2n) is 6.87. The van der Waals surface area contributed by atoms with Gasteiger partial charge in [0, 0.05) is 5.56 Å². The molecule has 5 nitrogen and oxygen atoms in total. The van der Waals surface area contributed by atoms with Gasteiger partial charge in [-0.15, -0.1) is 11.3 Å².